The van der Waals surface area contributed by atoms with Crippen molar-refractivity contribution in [3.05, 3.63) is 23.3 Å². The summed E-state index contributed by atoms with van der Waals surface area (Å²) in [4.78, 5) is 10.7. The average molecular weight is 257 g/mol. The molecule has 1 aliphatic rings. The molecule has 0 saturated heterocycles. The molecule has 0 aromatic heterocycles. The van der Waals surface area contributed by atoms with Crippen LogP contribution < -0.4 is 11.1 Å². The summed E-state index contributed by atoms with van der Waals surface area (Å²) in [6, 6.07) is 0.345. The third-order valence-corrected chi connectivity index (χ3v) is 3.52. The molecule has 0 saturated carbocycles. The Morgan fingerprint density at radius 1 is 1.71 bits per heavy atom. The molecule has 0 radical (unpaired) electrons. The maximum Gasteiger partial charge on any atom is 0.217 e. The van der Waals surface area contributed by atoms with Gasteiger partial charge in [-0.15, -0.1) is 0 Å². The van der Waals surface area contributed by atoms with Crippen LogP contribution in [0.2, 0.25) is 0 Å². The van der Waals surface area contributed by atoms with Gasteiger partial charge in [0.1, 0.15) is 0 Å². The van der Waals surface area contributed by atoms with Crippen molar-refractivity contribution in [2.45, 2.75) is 38.6 Å². The minimum atomic E-state index is -0.233. The molecule has 1 amide bonds. The molecule has 3 N–H and O–H groups in total. The van der Waals surface area contributed by atoms with Crippen molar-refractivity contribution in [1.82, 2.24) is 5.32 Å². The van der Waals surface area contributed by atoms with Gasteiger partial charge >= 0.3 is 0 Å². The molecular formula is C13H21ClN2O. The zero-order valence-corrected chi connectivity index (χ0v) is 11.0. The largest absolute Gasteiger partial charge is 0.370 e. The summed E-state index contributed by atoms with van der Waals surface area (Å²) in [7, 11) is 0. The zero-order chi connectivity index (χ0) is 12.7. The van der Waals surface area contributed by atoms with Crippen LogP contribution in [0.5, 0.6) is 0 Å². The lowest BCUT2D eigenvalue weighted by Gasteiger charge is -2.22. The first-order valence-electron chi connectivity index (χ1n) is 6.17. The highest BCUT2D eigenvalue weighted by molar-refractivity contribution is 6.30. The number of nitrogens with two attached hydrogens (primary N) is 1. The van der Waals surface area contributed by atoms with E-state index in [2.05, 4.69) is 18.3 Å². The summed E-state index contributed by atoms with van der Waals surface area (Å²) in [5, 5.41) is 4.37. The lowest BCUT2D eigenvalue weighted by Crippen LogP contribution is -2.34. The van der Waals surface area contributed by atoms with Crippen LogP contribution in [0.3, 0.4) is 0 Å². The first-order valence-corrected chi connectivity index (χ1v) is 6.55. The molecule has 3 nitrogen and oxygen atoms in total. The van der Waals surface area contributed by atoms with Crippen LogP contribution in [0.25, 0.3) is 0 Å². The number of hydrogen-bond acceptors (Lipinski definition) is 2. The Morgan fingerprint density at radius 3 is 3.06 bits per heavy atom. The van der Waals surface area contributed by atoms with Gasteiger partial charge in [-0.2, -0.15) is 0 Å². The van der Waals surface area contributed by atoms with Gasteiger partial charge in [0.15, 0.2) is 0 Å². The third kappa shape index (κ3) is 5.37. The summed E-state index contributed by atoms with van der Waals surface area (Å²) in [5.74, 6) is 0.132. The van der Waals surface area contributed by atoms with Crippen LogP contribution in [0.1, 0.15) is 32.6 Å². The summed E-state index contributed by atoms with van der Waals surface area (Å²) in [6.07, 6.45) is 9.29. The molecule has 0 heterocycles. The second kappa shape index (κ2) is 7.51. The molecule has 0 spiro atoms. The Bertz CT molecular complexity index is 313. The molecule has 2 atom stereocenters. The maximum absolute atomic E-state index is 10.7. The summed E-state index contributed by atoms with van der Waals surface area (Å²) >= 11 is 6.13. The van der Waals surface area contributed by atoms with E-state index in [1.807, 2.05) is 12.2 Å². The van der Waals surface area contributed by atoms with Crippen LogP contribution in [-0.2, 0) is 4.79 Å². The predicted molar refractivity (Wildman–Crippen MR) is 71.7 cm³/mol. The lowest BCUT2D eigenvalue weighted by molar-refractivity contribution is -0.118. The van der Waals surface area contributed by atoms with E-state index in [9.17, 15) is 4.79 Å². The van der Waals surface area contributed by atoms with E-state index >= 15 is 0 Å². The van der Waals surface area contributed by atoms with Crippen molar-refractivity contribution in [3.8, 4) is 0 Å². The van der Waals surface area contributed by atoms with Crippen molar-refractivity contribution < 1.29 is 4.79 Å². The fourth-order valence-corrected chi connectivity index (χ4v) is 2.15. The van der Waals surface area contributed by atoms with Gasteiger partial charge in [0.25, 0.3) is 0 Å². The van der Waals surface area contributed by atoms with Gasteiger partial charge in [-0.25, -0.2) is 0 Å². The molecule has 0 aromatic rings. The van der Waals surface area contributed by atoms with Crippen LogP contribution in [0.15, 0.2) is 23.3 Å². The Kier molecular flexibility index (Phi) is 6.30. The normalized spacial score (nSPS) is 21.1. The molecule has 1 unspecified atom stereocenters. The highest BCUT2D eigenvalue weighted by Crippen LogP contribution is 2.23. The summed E-state index contributed by atoms with van der Waals surface area (Å²) in [6.45, 7) is 2.97. The first-order chi connectivity index (χ1) is 8.13. The monoisotopic (exact) mass is 256 g/mol. The molecule has 0 aromatic carbocycles. The fraction of sp³-hybridized carbons (Fsp3) is 0.615. The van der Waals surface area contributed by atoms with E-state index in [0.717, 1.165) is 30.8 Å². The number of primary amides is 1. The minimum absolute atomic E-state index is 0.233. The standard InChI is InChI=1S/C13H21ClN2O/c1-2-11(7-8-13(15)17)16-9-10-5-3-4-6-12(10)14/h3-4,6,10-11,16H,2,5,7-9H2,1H3,(H2,15,17)/t10?,11-/m0/s1. The maximum atomic E-state index is 10.7. The smallest absolute Gasteiger partial charge is 0.217 e. The quantitative estimate of drug-likeness (QED) is 0.735. The van der Waals surface area contributed by atoms with Crippen LogP contribution in [0, 0.1) is 5.92 Å². The van der Waals surface area contributed by atoms with Gasteiger partial charge in [-0.1, -0.05) is 30.7 Å². The van der Waals surface area contributed by atoms with Crippen molar-refractivity contribution in [2.24, 2.45) is 11.7 Å². The van der Waals surface area contributed by atoms with E-state index in [1.54, 1.807) is 0 Å². The topological polar surface area (TPSA) is 55.1 Å². The molecule has 96 valence electrons. The Labute approximate surface area is 108 Å². The van der Waals surface area contributed by atoms with Gasteiger partial charge in [-0.05, 0) is 25.3 Å². The van der Waals surface area contributed by atoms with Crippen molar-refractivity contribution in [1.29, 1.82) is 0 Å². The summed E-state index contributed by atoms with van der Waals surface area (Å²) in [5.41, 5.74) is 5.15. The molecule has 0 bridgehead atoms. The summed E-state index contributed by atoms with van der Waals surface area (Å²) < 4.78 is 0. The number of carbonyl (C=O) groups is 1. The average Bonchev–Trinajstić information content (AvgIpc) is 2.31. The van der Waals surface area contributed by atoms with Crippen molar-refractivity contribution >= 4 is 17.5 Å². The van der Waals surface area contributed by atoms with Crippen molar-refractivity contribution in [2.75, 3.05) is 6.54 Å². The lowest BCUT2D eigenvalue weighted by atomic mass is 9.99. The highest BCUT2D eigenvalue weighted by atomic mass is 35.5. The van der Waals surface area contributed by atoms with Gasteiger partial charge < -0.3 is 11.1 Å². The molecule has 0 aliphatic heterocycles. The van der Waals surface area contributed by atoms with E-state index in [1.165, 1.54) is 0 Å². The second-order valence-electron chi connectivity index (χ2n) is 4.43. The number of amides is 1. The van der Waals surface area contributed by atoms with Crippen LogP contribution in [-0.4, -0.2) is 18.5 Å². The Morgan fingerprint density at radius 2 is 2.47 bits per heavy atom. The number of hydrogen-bond donors (Lipinski definition) is 2. The molecule has 0 fully saturated rings. The first kappa shape index (κ1) is 14.3. The predicted octanol–water partition coefficient (Wildman–Crippen LogP) is 2.32. The fourth-order valence-electron chi connectivity index (χ4n) is 1.91. The van der Waals surface area contributed by atoms with Crippen LogP contribution in [0.4, 0.5) is 0 Å². The number of rotatable bonds is 7. The number of nitrogens with one attached hydrogen (secondary N) is 1. The SMILES string of the molecule is CC[C@@H](CCC(N)=O)NCC1CC=CC=C1Cl. The van der Waals surface area contributed by atoms with Crippen molar-refractivity contribution in [3.63, 3.8) is 0 Å². The van der Waals surface area contributed by atoms with E-state index in [0.29, 0.717) is 18.4 Å². The second-order valence-corrected chi connectivity index (χ2v) is 4.87. The van der Waals surface area contributed by atoms with Crippen LogP contribution >= 0.6 is 11.6 Å². The molecular weight excluding hydrogens is 236 g/mol. The molecule has 1 aliphatic carbocycles. The minimum Gasteiger partial charge on any atom is -0.370 e. The highest BCUT2D eigenvalue weighted by Gasteiger charge is 2.15. The molecule has 1 rings (SSSR count). The Hall–Kier alpha value is -0.800. The number of halogens is 1. The van der Waals surface area contributed by atoms with E-state index in [4.69, 9.17) is 17.3 Å². The van der Waals surface area contributed by atoms with Gasteiger partial charge in [0, 0.05) is 30.0 Å². The van der Waals surface area contributed by atoms with Gasteiger partial charge in [0.05, 0.1) is 0 Å². The van der Waals surface area contributed by atoms with Gasteiger partial charge in [0.2, 0.25) is 5.91 Å². The molecule has 17 heavy (non-hydrogen) atoms. The zero-order valence-electron chi connectivity index (χ0n) is 10.3. The Balaban J connectivity index is 2.30. The van der Waals surface area contributed by atoms with E-state index in [-0.39, 0.29) is 5.91 Å². The third-order valence-electron chi connectivity index (χ3n) is 3.09. The van der Waals surface area contributed by atoms with Gasteiger partial charge in [-0.3, -0.25) is 4.79 Å². The van der Waals surface area contributed by atoms with E-state index < -0.39 is 0 Å². The number of carbonyl (C=O) groups excluding carboxylic acids is 1. The molecule has 4 heteroatoms. The number of allylic oxidation sites excluding steroid dienone is 3.